The summed E-state index contributed by atoms with van der Waals surface area (Å²) in [5.41, 5.74) is 3.81. The van der Waals surface area contributed by atoms with Gasteiger partial charge in [0, 0.05) is 31.2 Å². The van der Waals surface area contributed by atoms with E-state index in [4.69, 9.17) is 0 Å². The molecule has 1 N–H and O–H groups in total. The lowest BCUT2D eigenvalue weighted by Crippen LogP contribution is -2.19. The van der Waals surface area contributed by atoms with Crippen LogP contribution in [0.3, 0.4) is 0 Å². The van der Waals surface area contributed by atoms with Crippen molar-refractivity contribution in [2.45, 2.75) is 37.5 Å². The van der Waals surface area contributed by atoms with Gasteiger partial charge < -0.3 is 4.90 Å². The van der Waals surface area contributed by atoms with Crippen molar-refractivity contribution >= 4 is 21.7 Å². The zero-order valence-electron chi connectivity index (χ0n) is 14.2. The number of hydrogen-bond donors (Lipinski definition) is 1. The summed E-state index contributed by atoms with van der Waals surface area (Å²) in [5.74, 6) is 0.156. The topological polar surface area (TPSA) is 75.2 Å². The number of aryl methyl sites for hydroxylation is 2. The number of anilines is 2. The van der Waals surface area contributed by atoms with Gasteiger partial charge in [-0.1, -0.05) is 6.07 Å². The first-order chi connectivity index (χ1) is 11.4. The number of nitrogens with one attached hydrogen (secondary N) is 1. The minimum atomic E-state index is -3.71. The number of nitrogens with zero attached hydrogens (tertiary/aromatic N) is 3. The lowest BCUT2D eigenvalue weighted by molar-refractivity contribution is 0.600. The Morgan fingerprint density at radius 2 is 1.88 bits per heavy atom. The second-order valence-electron chi connectivity index (χ2n) is 6.26. The summed E-state index contributed by atoms with van der Waals surface area (Å²) < 4.78 is 27.8. The maximum Gasteiger partial charge on any atom is 0.264 e. The van der Waals surface area contributed by atoms with Gasteiger partial charge in [0.1, 0.15) is 0 Å². The van der Waals surface area contributed by atoms with Gasteiger partial charge in [-0.3, -0.25) is 0 Å². The van der Waals surface area contributed by atoms with E-state index in [9.17, 15) is 8.42 Å². The van der Waals surface area contributed by atoms with Crippen molar-refractivity contribution in [2.75, 3.05) is 23.7 Å². The second-order valence-corrected chi connectivity index (χ2v) is 7.94. The van der Waals surface area contributed by atoms with E-state index in [-0.39, 0.29) is 10.8 Å². The summed E-state index contributed by atoms with van der Waals surface area (Å²) in [6, 6.07) is 6.79. The molecule has 3 rings (SSSR count). The molecule has 1 heterocycles. The predicted molar refractivity (Wildman–Crippen MR) is 95.0 cm³/mol. The normalized spacial score (nSPS) is 14.1. The van der Waals surface area contributed by atoms with Gasteiger partial charge in [0.25, 0.3) is 10.0 Å². The number of hydrogen-bond acceptors (Lipinski definition) is 5. The van der Waals surface area contributed by atoms with Crippen molar-refractivity contribution in [3.05, 3.63) is 41.2 Å². The Morgan fingerprint density at radius 3 is 2.62 bits per heavy atom. The summed E-state index contributed by atoms with van der Waals surface area (Å²) in [5, 5.41) is 0. The molecule has 0 bridgehead atoms. The van der Waals surface area contributed by atoms with Crippen LogP contribution in [0.15, 0.2) is 29.2 Å². The fourth-order valence-corrected chi connectivity index (χ4v) is 3.92. The van der Waals surface area contributed by atoms with Gasteiger partial charge in [-0.05, 0) is 56.4 Å². The molecule has 0 radical (unpaired) electrons. The van der Waals surface area contributed by atoms with Gasteiger partial charge in [-0.2, -0.15) is 0 Å². The van der Waals surface area contributed by atoms with Gasteiger partial charge in [0.05, 0.1) is 4.90 Å². The molecule has 1 aromatic carbocycles. The van der Waals surface area contributed by atoms with Crippen molar-refractivity contribution in [2.24, 2.45) is 0 Å². The molecule has 1 aromatic heterocycles. The van der Waals surface area contributed by atoms with E-state index in [1.165, 1.54) is 5.56 Å². The zero-order chi connectivity index (χ0) is 17.3. The van der Waals surface area contributed by atoms with E-state index >= 15 is 0 Å². The molecule has 6 nitrogen and oxygen atoms in total. The van der Waals surface area contributed by atoms with Crippen molar-refractivity contribution in [1.29, 1.82) is 0 Å². The first-order valence-corrected chi connectivity index (χ1v) is 9.52. The molecular formula is C17H22N4O2S. The molecule has 7 heteroatoms. The van der Waals surface area contributed by atoms with Gasteiger partial charge in [-0.15, -0.1) is 0 Å². The third-order valence-corrected chi connectivity index (χ3v) is 5.59. The Balaban J connectivity index is 1.92. The molecule has 0 aliphatic heterocycles. The maximum absolute atomic E-state index is 12.6. The van der Waals surface area contributed by atoms with Crippen molar-refractivity contribution in [3.8, 4) is 0 Å². The molecular weight excluding hydrogens is 324 g/mol. The van der Waals surface area contributed by atoms with Gasteiger partial charge in [0.15, 0.2) is 0 Å². The lowest BCUT2D eigenvalue weighted by Gasteiger charge is -2.18. The number of benzene rings is 1. The van der Waals surface area contributed by atoms with E-state index in [1.807, 2.05) is 32.0 Å². The Hall–Kier alpha value is -2.15. The maximum atomic E-state index is 12.6. The number of rotatable bonds is 4. The predicted octanol–water partition coefficient (Wildman–Crippen LogP) is 2.53. The third-order valence-electron chi connectivity index (χ3n) is 4.26. The van der Waals surface area contributed by atoms with Crippen LogP contribution in [0.2, 0.25) is 0 Å². The smallest absolute Gasteiger partial charge is 0.264 e. The zero-order valence-corrected chi connectivity index (χ0v) is 15.0. The first-order valence-electron chi connectivity index (χ1n) is 8.03. The van der Waals surface area contributed by atoms with Crippen LogP contribution < -0.4 is 9.62 Å². The summed E-state index contributed by atoms with van der Waals surface area (Å²) >= 11 is 0. The van der Waals surface area contributed by atoms with Gasteiger partial charge in [-0.25, -0.2) is 23.1 Å². The molecule has 0 saturated carbocycles. The average molecular weight is 346 g/mol. The van der Waals surface area contributed by atoms with Crippen LogP contribution in [-0.4, -0.2) is 32.5 Å². The number of fused-ring (bicyclic) bond motifs is 1. The molecule has 1 aliphatic carbocycles. The van der Waals surface area contributed by atoms with E-state index < -0.39 is 10.0 Å². The summed E-state index contributed by atoms with van der Waals surface area (Å²) in [4.78, 5) is 10.8. The fourth-order valence-electron chi connectivity index (χ4n) is 2.94. The minimum Gasteiger partial charge on any atom is -0.378 e. The molecule has 128 valence electrons. The SMILES string of the molecule is Cc1nc(NS(=O)(=O)c2cccc(N(C)C)c2)nc2c1CCCC2. The standard InChI is InChI=1S/C17H22N4O2S/c1-12-15-9-4-5-10-16(15)19-17(18-12)20-24(22,23)14-8-6-7-13(11-14)21(2)3/h6-8,11H,4-5,9-10H2,1-3H3,(H,18,19,20). The highest BCUT2D eigenvalue weighted by atomic mass is 32.2. The quantitative estimate of drug-likeness (QED) is 0.921. The summed E-state index contributed by atoms with van der Waals surface area (Å²) in [6.07, 6.45) is 4.07. The van der Waals surface area contributed by atoms with Crippen molar-refractivity contribution in [1.82, 2.24) is 9.97 Å². The Labute approximate surface area is 143 Å². The van der Waals surface area contributed by atoms with E-state index in [0.717, 1.165) is 42.8 Å². The highest BCUT2D eigenvalue weighted by Gasteiger charge is 2.20. The third kappa shape index (κ3) is 3.36. The van der Waals surface area contributed by atoms with Crippen LogP contribution >= 0.6 is 0 Å². The van der Waals surface area contributed by atoms with Crippen LogP contribution in [-0.2, 0) is 22.9 Å². The van der Waals surface area contributed by atoms with Crippen LogP contribution in [0.25, 0.3) is 0 Å². The molecule has 24 heavy (non-hydrogen) atoms. The molecule has 0 atom stereocenters. The van der Waals surface area contributed by atoms with E-state index in [2.05, 4.69) is 14.7 Å². The minimum absolute atomic E-state index is 0.156. The highest BCUT2D eigenvalue weighted by molar-refractivity contribution is 7.92. The average Bonchev–Trinajstić information content (AvgIpc) is 2.54. The van der Waals surface area contributed by atoms with Gasteiger partial charge in [0.2, 0.25) is 5.95 Å². The van der Waals surface area contributed by atoms with E-state index in [1.54, 1.807) is 18.2 Å². The summed E-state index contributed by atoms with van der Waals surface area (Å²) in [6.45, 7) is 1.91. The van der Waals surface area contributed by atoms with Gasteiger partial charge >= 0.3 is 0 Å². The van der Waals surface area contributed by atoms with Crippen molar-refractivity contribution < 1.29 is 8.42 Å². The second kappa shape index (κ2) is 6.39. The van der Waals surface area contributed by atoms with Crippen LogP contribution in [0, 0.1) is 6.92 Å². The fraction of sp³-hybridized carbons (Fsp3) is 0.412. The monoisotopic (exact) mass is 346 g/mol. The first kappa shape index (κ1) is 16.7. The molecule has 0 amide bonds. The number of sulfonamides is 1. The van der Waals surface area contributed by atoms with Crippen LogP contribution in [0.1, 0.15) is 29.8 Å². The van der Waals surface area contributed by atoms with Crippen molar-refractivity contribution in [3.63, 3.8) is 0 Å². The molecule has 0 fully saturated rings. The Kier molecular flexibility index (Phi) is 4.45. The highest BCUT2D eigenvalue weighted by Crippen LogP contribution is 2.24. The Morgan fingerprint density at radius 1 is 1.12 bits per heavy atom. The molecule has 1 aliphatic rings. The number of aromatic nitrogens is 2. The van der Waals surface area contributed by atoms with Crippen LogP contribution in [0.4, 0.5) is 11.6 Å². The van der Waals surface area contributed by atoms with E-state index in [0.29, 0.717) is 0 Å². The largest absolute Gasteiger partial charge is 0.378 e. The molecule has 2 aromatic rings. The molecule has 0 spiro atoms. The lowest BCUT2D eigenvalue weighted by atomic mass is 9.95. The molecule has 0 saturated heterocycles. The summed E-state index contributed by atoms with van der Waals surface area (Å²) in [7, 11) is 0.0260. The molecule has 0 unspecified atom stereocenters. The Bertz CT molecular complexity index is 863. The van der Waals surface area contributed by atoms with Crippen LogP contribution in [0.5, 0.6) is 0 Å².